The van der Waals surface area contributed by atoms with Gasteiger partial charge >= 0.3 is 0 Å². The predicted octanol–water partition coefficient (Wildman–Crippen LogP) is 2.76. The number of hydrogen-bond acceptors (Lipinski definition) is 2. The van der Waals surface area contributed by atoms with Gasteiger partial charge in [-0.2, -0.15) is 11.8 Å². The fraction of sp³-hybridized carbons (Fsp3) is 1.00. The van der Waals surface area contributed by atoms with Gasteiger partial charge in [0.05, 0.1) is 0 Å². The van der Waals surface area contributed by atoms with E-state index in [-0.39, 0.29) is 0 Å². The lowest BCUT2D eigenvalue weighted by molar-refractivity contribution is 0.392. The molecule has 0 bridgehead atoms. The topological polar surface area (TPSA) is 12.0 Å². The van der Waals surface area contributed by atoms with Crippen molar-refractivity contribution in [3.8, 4) is 0 Å². The van der Waals surface area contributed by atoms with Gasteiger partial charge < -0.3 is 5.32 Å². The Morgan fingerprint density at radius 1 is 1.33 bits per heavy atom. The van der Waals surface area contributed by atoms with Crippen molar-refractivity contribution in [2.45, 2.75) is 39.7 Å². The van der Waals surface area contributed by atoms with Gasteiger partial charge in [-0.05, 0) is 37.3 Å². The molecule has 0 saturated carbocycles. The minimum atomic E-state index is 0.720. The lowest BCUT2D eigenvalue weighted by Gasteiger charge is -2.21. The normalized spacial score (nSPS) is 13.8. The number of nitrogens with one attached hydrogen (secondary N) is 1. The van der Waals surface area contributed by atoms with Crippen molar-refractivity contribution in [2.24, 2.45) is 5.92 Å². The Hall–Kier alpha value is 0.310. The molecule has 0 spiro atoms. The Kier molecular flexibility index (Phi) is 8.14. The third-order valence-electron chi connectivity index (χ3n) is 2.09. The second kappa shape index (κ2) is 7.93. The summed E-state index contributed by atoms with van der Waals surface area (Å²) >= 11 is 1.94. The molecule has 0 saturated heterocycles. The summed E-state index contributed by atoms with van der Waals surface area (Å²) in [5.41, 5.74) is 0. The highest BCUT2D eigenvalue weighted by Gasteiger charge is 2.10. The van der Waals surface area contributed by atoms with Crippen LogP contribution in [0.3, 0.4) is 0 Å². The van der Waals surface area contributed by atoms with Crippen molar-refractivity contribution in [1.29, 1.82) is 0 Å². The third-order valence-corrected chi connectivity index (χ3v) is 2.74. The molecule has 74 valence electrons. The lowest BCUT2D eigenvalue weighted by atomic mass is 10.0. The molecule has 1 unspecified atom stereocenters. The summed E-state index contributed by atoms with van der Waals surface area (Å²) in [6.45, 7) is 7.98. The molecule has 0 aromatic carbocycles. The van der Waals surface area contributed by atoms with Crippen LogP contribution in [0, 0.1) is 5.92 Å². The molecule has 0 aromatic rings. The molecule has 0 rings (SSSR count). The minimum absolute atomic E-state index is 0.720. The fourth-order valence-electron chi connectivity index (χ4n) is 1.25. The van der Waals surface area contributed by atoms with Gasteiger partial charge in [-0.3, -0.25) is 0 Å². The molecule has 0 aliphatic carbocycles. The van der Waals surface area contributed by atoms with Crippen LogP contribution in [0.25, 0.3) is 0 Å². The number of rotatable bonds is 7. The maximum atomic E-state index is 3.59. The maximum absolute atomic E-state index is 3.59. The van der Waals surface area contributed by atoms with Crippen LogP contribution < -0.4 is 5.32 Å². The quantitative estimate of drug-likeness (QED) is 0.661. The van der Waals surface area contributed by atoms with Crippen molar-refractivity contribution in [3.05, 3.63) is 0 Å². The molecule has 12 heavy (non-hydrogen) atoms. The second-order valence-corrected chi connectivity index (χ2v) is 4.57. The summed E-state index contributed by atoms with van der Waals surface area (Å²) in [5.74, 6) is 2.04. The molecule has 2 heteroatoms. The van der Waals surface area contributed by atoms with Crippen LogP contribution in [0.5, 0.6) is 0 Å². The van der Waals surface area contributed by atoms with Crippen LogP contribution in [0.4, 0.5) is 0 Å². The van der Waals surface area contributed by atoms with Gasteiger partial charge in [-0.1, -0.05) is 20.8 Å². The predicted molar refractivity (Wildman–Crippen MR) is 59.9 cm³/mol. The van der Waals surface area contributed by atoms with E-state index in [1.54, 1.807) is 0 Å². The van der Waals surface area contributed by atoms with E-state index in [0.717, 1.165) is 18.5 Å². The number of hydrogen-bond donors (Lipinski definition) is 1. The van der Waals surface area contributed by atoms with Gasteiger partial charge in [-0.25, -0.2) is 0 Å². The monoisotopic (exact) mass is 189 g/mol. The van der Waals surface area contributed by atoms with E-state index in [0.29, 0.717) is 0 Å². The zero-order valence-electron chi connectivity index (χ0n) is 8.89. The number of thioether (sulfide) groups is 1. The zero-order valence-corrected chi connectivity index (χ0v) is 9.71. The average molecular weight is 189 g/mol. The molecule has 0 heterocycles. The Morgan fingerprint density at radius 2 is 2.00 bits per heavy atom. The molecule has 0 aliphatic rings. The molecule has 0 fully saturated rings. The second-order valence-electron chi connectivity index (χ2n) is 3.59. The van der Waals surface area contributed by atoms with Gasteiger partial charge in [0.2, 0.25) is 0 Å². The van der Waals surface area contributed by atoms with E-state index < -0.39 is 0 Å². The molecule has 0 radical (unpaired) electrons. The average Bonchev–Trinajstić information content (AvgIpc) is 2.04. The summed E-state index contributed by atoms with van der Waals surface area (Å²) in [5, 5.41) is 3.59. The first kappa shape index (κ1) is 12.3. The molecule has 0 amide bonds. The van der Waals surface area contributed by atoms with Crippen molar-refractivity contribution < 1.29 is 0 Å². The molecule has 0 aromatic heterocycles. The summed E-state index contributed by atoms with van der Waals surface area (Å²) in [6.07, 6.45) is 4.72. The van der Waals surface area contributed by atoms with Crippen molar-refractivity contribution in [3.63, 3.8) is 0 Å². The first-order valence-corrected chi connectivity index (χ1v) is 6.34. The van der Waals surface area contributed by atoms with Crippen molar-refractivity contribution in [1.82, 2.24) is 5.32 Å². The first-order chi connectivity index (χ1) is 5.72. The van der Waals surface area contributed by atoms with Gasteiger partial charge in [-0.15, -0.1) is 0 Å². The summed E-state index contributed by atoms with van der Waals surface area (Å²) in [7, 11) is 0. The van der Waals surface area contributed by atoms with Crippen LogP contribution in [0.15, 0.2) is 0 Å². The molecule has 0 aliphatic heterocycles. The Morgan fingerprint density at radius 3 is 2.42 bits per heavy atom. The Bertz CT molecular complexity index is 85.8. The van der Waals surface area contributed by atoms with E-state index in [1.807, 2.05) is 11.8 Å². The standard InChI is InChI=1S/C10H23NS/c1-5-7-11-10(9(2)3)6-8-12-4/h9-11H,5-8H2,1-4H3. The van der Waals surface area contributed by atoms with Crippen molar-refractivity contribution in [2.75, 3.05) is 18.6 Å². The molecular formula is C10H23NS. The van der Waals surface area contributed by atoms with Crippen LogP contribution in [0.2, 0.25) is 0 Å². The summed E-state index contributed by atoms with van der Waals surface area (Å²) < 4.78 is 0. The van der Waals surface area contributed by atoms with Gasteiger partial charge in [0.1, 0.15) is 0 Å². The van der Waals surface area contributed by atoms with Crippen molar-refractivity contribution >= 4 is 11.8 Å². The lowest BCUT2D eigenvalue weighted by Crippen LogP contribution is -2.34. The first-order valence-electron chi connectivity index (χ1n) is 4.94. The van der Waals surface area contributed by atoms with Gasteiger partial charge in [0.15, 0.2) is 0 Å². The Labute approximate surface area is 81.7 Å². The fourth-order valence-corrected chi connectivity index (χ4v) is 1.74. The largest absolute Gasteiger partial charge is 0.314 e. The molecule has 1 nitrogen and oxygen atoms in total. The third kappa shape index (κ3) is 5.90. The highest BCUT2D eigenvalue weighted by atomic mass is 32.2. The van der Waals surface area contributed by atoms with E-state index in [1.165, 1.54) is 18.6 Å². The van der Waals surface area contributed by atoms with Gasteiger partial charge in [0, 0.05) is 6.04 Å². The summed E-state index contributed by atoms with van der Waals surface area (Å²) in [4.78, 5) is 0. The van der Waals surface area contributed by atoms with Crippen LogP contribution in [-0.4, -0.2) is 24.6 Å². The molecule has 1 N–H and O–H groups in total. The van der Waals surface area contributed by atoms with E-state index >= 15 is 0 Å². The summed E-state index contributed by atoms with van der Waals surface area (Å²) in [6, 6.07) is 0.720. The van der Waals surface area contributed by atoms with Crippen LogP contribution in [0.1, 0.15) is 33.6 Å². The van der Waals surface area contributed by atoms with E-state index in [2.05, 4.69) is 32.3 Å². The highest BCUT2D eigenvalue weighted by Crippen LogP contribution is 2.09. The maximum Gasteiger partial charge on any atom is 0.00979 e. The zero-order chi connectivity index (χ0) is 9.40. The van der Waals surface area contributed by atoms with E-state index in [9.17, 15) is 0 Å². The van der Waals surface area contributed by atoms with Crippen LogP contribution >= 0.6 is 11.8 Å². The van der Waals surface area contributed by atoms with Crippen LogP contribution in [-0.2, 0) is 0 Å². The molecular weight excluding hydrogens is 166 g/mol. The van der Waals surface area contributed by atoms with Gasteiger partial charge in [0.25, 0.3) is 0 Å². The minimum Gasteiger partial charge on any atom is -0.314 e. The smallest absolute Gasteiger partial charge is 0.00979 e. The Balaban J connectivity index is 3.55. The SMILES string of the molecule is CCCNC(CCSC)C(C)C. The highest BCUT2D eigenvalue weighted by molar-refractivity contribution is 7.98. The van der Waals surface area contributed by atoms with E-state index in [4.69, 9.17) is 0 Å². The molecule has 1 atom stereocenters.